The molecule has 0 aliphatic carbocycles. The first-order valence-electron chi connectivity index (χ1n) is 7.39. The minimum atomic E-state index is -0.779. The number of nitrogens with one attached hydrogen (secondary N) is 1. The first-order chi connectivity index (χ1) is 9.63. The smallest absolute Gasteiger partial charge is 0.320 e. The summed E-state index contributed by atoms with van der Waals surface area (Å²) in [5.74, 6) is -0.779. The molecular weight excluding hydrogens is 252 g/mol. The van der Waals surface area contributed by atoms with Crippen molar-refractivity contribution in [2.45, 2.75) is 39.3 Å². The van der Waals surface area contributed by atoms with Crippen LogP contribution in [0.2, 0.25) is 0 Å². The average molecular weight is 278 g/mol. The minimum Gasteiger partial charge on any atom is -0.480 e. The summed E-state index contributed by atoms with van der Waals surface area (Å²) in [5, 5.41) is 12.3. The molecule has 0 aliphatic rings. The quantitative estimate of drug-likeness (QED) is 0.729. The van der Waals surface area contributed by atoms with E-state index in [1.165, 1.54) is 5.56 Å². The Morgan fingerprint density at radius 1 is 1.20 bits per heavy atom. The highest BCUT2D eigenvalue weighted by molar-refractivity contribution is 5.73. The normalized spacial score (nSPS) is 14.2. The fourth-order valence-electron chi connectivity index (χ4n) is 2.46. The van der Waals surface area contributed by atoms with Crippen LogP contribution in [0.3, 0.4) is 0 Å². The van der Waals surface area contributed by atoms with E-state index in [0.717, 1.165) is 13.1 Å². The van der Waals surface area contributed by atoms with E-state index in [0.29, 0.717) is 13.0 Å². The van der Waals surface area contributed by atoms with Crippen LogP contribution in [0, 0.1) is 0 Å². The van der Waals surface area contributed by atoms with E-state index >= 15 is 0 Å². The molecule has 4 nitrogen and oxygen atoms in total. The topological polar surface area (TPSA) is 52.6 Å². The summed E-state index contributed by atoms with van der Waals surface area (Å²) in [7, 11) is 0. The SMILES string of the molecule is CCC(NCC(c1ccccc1)N(CC)CC)C(=O)O. The average Bonchev–Trinajstić information content (AvgIpc) is 2.47. The van der Waals surface area contributed by atoms with E-state index in [1.54, 1.807) is 0 Å². The molecule has 112 valence electrons. The van der Waals surface area contributed by atoms with Crippen LogP contribution in [0.15, 0.2) is 30.3 Å². The van der Waals surface area contributed by atoms with E-state index < -0.39 is 12.0 Å². The molecule has 0 spiro atoms. The zero-order chi connectivity index (χ0) is 15.0. The molecule has 0 fully saturated rings. The maximum atomic E-state index is 11.1. The fourth-order valence-corrected chi connectivity index (χ4v) is 2.46. The molecule has 0 saturated heterocycles. The first kappa shape index (κ1) is 16.7. The van der Waals surface area contributed by atoms with Crippen molar-refractivity contribution in [3.05, 3.63) is 35.9 Å². The van der Waals surface area contributed by atoms with Gasteiger partial charge in [0.05, 0.1) is 0 Å². The Hall–Kier alpha value is -1.39. The molecule has 2 N–H and O–H groups in total. The van der Waals surface area contributed by atoms with Gasteiger partial charge in [-0.05, 0) is 25.1 Å². The van der Waals surface area contributed by atoms with Crippen LogP contribution in [0.25, 0.3) is 0 Å². The highest BCUT2D eigenvalue weighted by atomic mass is 16.4. The van der Waals surface area contributed by atoms with E-state index in [1.807, 2.05) is 25.1 Å². The number of hydrogen-bond donors (Lipinski definition) is 2. The second-order valence-corrected chi connectivity index (χ2v) is 4.86. The molecule has 0 bridgehead atoms. The standard InChI is InChI=1S/C16H26N2O2/c1-4-14(16(19)20)17-12-15(18(5-2)6-3)13-10-8-7-9-11-13/h7-11,14-15,17H,4-6,12H2,1-3H3,(H,19,20). The van der Waals surface area contributed by atoms with Gasteiger partial charge in [-0.1, -0.05) is 51.1 Å². The summed E-state index contributed by atoms with van der Waals surface area (Å²) >= 11 is 0. The van der Waals surface area contributed by atoms with Crippen molar-refractivity contribution in [1.29, 1.82) is 0 Å². The van der Waals surface area contributed by atoms with E-state index in [-0.39, 0.29) is 6.04 Å². The third-order valence-corrected chi connectivity index (χ3v) is 3.70. The molecule has 0 radical (unpaired) electrons. The molecule has 0 saturated carbocycles. The summed E-state index contributed by atoms with van der Waals surface area (Å²) in [5.41, 5.74) is 1.23. The maximum absolute atomic E-state index is 11.1. The number of carboxylic acid groups (broad SMARTS) is 1. The first-order valence-corrected chi connectivity index (χ1v) is 7.39. The number of carboxylic acids is 1. The molecule has 0 amide bonds. The van der Waals surface area contributed by atoms with Crippen molar-refractivity contribution in [1.82, 2.24) is 10.2 Å². The lowest BCUT2D eigenvalue weighted by Crippen LogP contribution is -2.42. The Morgan fingerprint density at radius 2 is 1.80 bits per heavy atom. The summed E-state index contributed by atoms with van der Waals surface area (Å²) in [6, 6.07) is 10.00. The maximum Gasteiger partial charge on any atom is 0.320 e. The molecule has 2 atom stereocenters. The van der Waals surface area contributed by atoms with Crippen molar-refractivity contribution < 1.29 is 9.90 Å². The number of hydrogen-bond acceptors (Lipinski definition) is 3. The molecule has 1 aromatic rings. The Bertz CT molecular complexity index is 391. The number of benzene rings is 1. The third kappa shape index (κ3) is 4.62. The lowest BCUT2D eigenvalue weighted by molar-refractivity contribution is -0.139. The molecular formula is C16H26N2O2. The van der Waals surface area contributed by atoms with Gasteiger partial charge in [0.1, 0.15) is 6.04 Å². The van der Waals surface area contributed by atoms with Crippen LogP contribution >= 0.6 is 0 Å². The molecule has 2 unspecified atom stereocenters. The third-order valence-electron chi connectivity index (χ3n) is 3.70. The highest BCUT2D eigenvalue weighted by Crippen LogP contribution is 2.19. The molecule has 0 aliphatic heterocycles. The van der Waals surface area contributed by atoms with Crippen LogP contribution < -0.4 is 5.32 Å². The molecule has 0 heterocycles. The van der Waals surface area contributed by atoms with Crippen molar-refractivity contribution >= 4 is 5.97 Å². The lowest BCUT2D eigenvalue weighted by atomic mass is 10.0. The van der Waals surface area contributed by atoms with Crippen LogP contribution in [-0.4, -0.2) is 41.7 Å². The van der Waals surface area contributed by atoms with Gasteiger partial charge in [-0.2, -0.15) is 0 Å². The van der Waals surface area contributed by atoms with Gasteiger partial charge in [0.25, 0.3) is 0 Å². The molecule has 0 aromatic heterocycles. The monoisotopic (exact) mass is 278 g/mol. The van der Waals surface area contributed by atoms with Crippen LogP contribution in [-0.2, 0) is 4.79 Å². The number of likely N-dealkylation sites (N-methyl/N-ethyl adjacent to an activating group) is 1. The molecule has 4 heteroatoms. The second-order valence-electron chi connectivity index (χ2n) is 4.86. The Labute approximate surface area is 121 Å². The van der Waals surface area contributed by atoms with Crippen LogP contribution in [0.4, 0.5) is 0 Å². The summed E-state index contributed by atoms with van der Waals surface area (Å²) in [6.07, 6.45) is 0.592. The van der Waals surface area contributed by atoms with Gasteiger partial charge in [0.15, 0.2) is 0 Å². The van der Waals surface area contributed by atoms with Crippen molar-refractivity contribution in [3.8, 4) is 0 Å². The largest absolute Gasteiger partial charge is 0.480 e. The van der Waals surface area contributed by atoms with Crippen LogP contribution in [0.1, 0.15) is 38.8 Å². The second kappa shape index (κ2) is 8.72. The van der Waals surface area contributed by atoms with E-state index in [9.17, 15) is 4.79 Å². The van der Waals surface area contributed by atoms with Gasteiger partial charge >= 0.3 is 5.97 Å². The number of aliphatic carboxylic acids is 1. The summed E-state index contributed by atoms with van der Waals surface area (Å²) in [6.45, 7) is 8.70. The molecule has 1 rings (SSSR count). The van der Waals surface area contributed by atoms with E-state index in [4.69, 9.17) is 5.11 Å². The summed E-state index contributed by atoms with van der Waals surface area (Å²) in [4.78, 5) is 13.5. The van der Waals surface area contributed by atoms with E-state index in [2.05, 4.69) is 36.2 Å². The van der Waals surface area contributed by atoms with Gasteiger partial charge in [-0.15, -0.1) is 0 Å². The number of carbonyl (C=O) groups is 1. The Kier molecular flexibility index (Phi) is 7.26. The van der Waals surface area contributed by atoms with Gasteiger partial charge in [-0.25, -0.2) is 0 Å². The number of nitrogens with zero attached hydrogens (tertiary/aromatic N) is 1. The predicted molar refractivity (Wildman–Crippen MR) is 81.8 cm³/mol. The lowest BCUT2D eigenvalue weighted by Gasteiger charge is -2.31. The van der Waals surface area contributed by atoms with Gasteiger partial charge in [-0.3, -0.25) is 9.69 Å². The Balaban J connectivity index is 2.81. The number of rotatable bonds is 9. The van der Waals surface area contributed by atoms with Gasteiger partial charge < -0.3 is 10.4 Å². The predicted octanol–water partition coefficient (Wildman–Crippen LogP) is 2.52. The zero-order valence-electron chi connectivity index (χ0n) is 12.7. The van der Waals surface area contributed by atoms with Crippen LogP contribution in [0.5, 0.6) is 0 Å². The van der Waals surface area contributed by atoms with Gasteiger partial charge in [0.2, 0.25) is 0 Å². The van der Waals surface area contributed by atoms with Crippen molar-refractivity contribution in [3.63, 3.8) is 0 Å². The van der Waals surface area contributed by atoms with Crippen molar-refractivity contribution in [2.24, 2.45) is 0 Å². The highest BCUT2D eigenvalue weighted by Gasteiger charge is 2.21. The summed E-state index contributed by atoms with van der Waals surface area (Å²) < 4.78 is 0. The Morgan fingerprint density at radius 3 is 2.25 bits per heavy atom. The molecule has 20 heavy (non-hydrogen) atoms. The zero-order valence-corrected chi connectivity index (χ0v) is 12.7. The molecule has 1 aromatic carbocycles. The minimum absolute atomic E-state index is 0.208. The van der Waals surface area contributed by atoms with Gasteiger partial charge in [0, 0.05) is 12.6 Å². The van der Waals surface area contributed by atoms with Crippen molar-refractivity contribution in [2.75, 3.05) is 19.6 Å². The fraction of sp³-hybridized carbons (Fsp3) is 0.562.